The first-order valence-corrected chi connectivity index (χ1v) is 5.60. The van der Waals surface area contributed by atoms with Crippen molar-refractivity contribution in [1.82, 2.24) is 15.3 Å². The molecule has 0 radical (unpaired) electrons. The van der Waals surface area contributed by atoms with E-state index in [-0.39, 0.29) is 0 Å². The van der Waals surface area contributed by atoms with E-state index in [4.69, 9.17) is 0 Å². The van der Waals surface area contributed by atoms with Crippen LogP contribution in [0.5, 0.6) is 0 Å². The zero-order valence-corrected chi connectivity index (χ0v) is 10.1. The van der Waals surface area contributed by atoms with E-state index in [0.717, 1.165) is 23.9 Å². The largest absolute Gasteiger partial charge is 0.312 e. The third-order valence-electron chi connectivity index (χ3n) is 2.54. The van der Waals surface area contributed by atoms with E-state index >= 15 is 0 Å². The SMILES string of the molecule is CNC(CCC(C)C)c1ccnc(C)n1. The van der Waals surface area contributed by atoms with E-state index in [1.165, 1.54) is 6.42 Å². The summed E-state index contributed by atoms with van der Waals surface area (Å²) in [6, 6.07) is 2.35. The number of hydrogen-bond acceptors (Lipinski definition) is 3. The Kier molecular flexibility index (Phi) is 4.69. The molecule has 1 unspecified atom stereocenters. The summed E-state index contributed by atoms with van der Waals surface area (Å²) in [6.07, 6.45) is 4.18. The Morgan fingerprint density at radius 3 is 2.60 bits per heavy atom. The number of hydrogen-bond donors (Lipinski definition) is 1. The molecule has 0 aliphatic heterocycles. The smallest absolute Gasteiger partial charge is 0.125 e. The van der Waals surface area contributed by atoms with Gasteiger partial charge in [0.2, 0.25) is 0 Å². The molecule has 0 aliphatic carbocycles. The van der Waals surface area contributed by atoms with Gasteiger partial charge < -0.3 is 5.32 Å². The van der Waals surface area contributed by atoms with Gasteiger partial charge in [-0.2, -0.15) is 0 Å². The number of rotatable bonds is 5. The van der Waals surface area contributed by atoms with Crippen LogP contribution in [-0.2, 0) is 0 Å². The molecule has 0 fully saturated rings. The van der Waals surface area contributed by atoms with Gasteiger partial charge in [-0.25, -0.2) is 9.97 Å². The molecule has 1 aromatic heterocycles. The van der Waals surface area contributed by atoms with Crippen molar-refractivity contribution in [1.29, 1.82) is 0 Å². The Hall–Kier alpha value is -0.960. The molecule has 3 nitrogen and oxygen atoms in total. The molecule has 0 saturated heterocycles. The van der Waals surface area contributed by atoms with E-state index < -0.39 is 0 Å². The van der Waals surface area contributed by atoms with Crippen LogP contribution in [-0.4, -0.2) is 17.0 Å². The molecule has 3 heteroatoms. The fourth-order valence-electron chi connectivity index (χ4n) is 1.61. The third-order valence-corrected chi connectivity index (χ3v) is 2.54. The monoisotopic (exact) mass is 207 g/mol. The van der Waals surface area contributed by atoms with E-state index in [1.807, 2.05) is 26.2 Å². The van der Waals surface area contributed by atoms with Crippen LogP contribution in [0.4, 0.5) is 0 Å². The summed E-state index contributed by atoms with van der Waals surface area (Å²) in [7, 11) is 1.99. The highest BCUT2D eigenvalue weighted by atomic mass is 14.9. The highest BCUT2D eigenvalue weighted by Gasteiger charge is 2.11. The van der Waals surface area contributed by atoms with E-state index in [9.17, 15) is 0 Å². The summed E-state index contributed by atoms with van der Waals surface area (Å²) in [4.78, 5) is 8.56. The highest BCUT2D eigenvalue weighted by Crippen LogP contribution is 2.18. The molecule has 1 atom stereocenters. The molecule has 0 aromatic carbocycles. The molecule has 1 N–H and O–H groups in total. The first-order valence-electron chi connectivity index (χ1n) is 5.60. The van der Waals surface area contributed by atoms with Gasteiger partial charge in [0.25, 0.3) is 0 Å². The minimum absolute atomic E-state index is 0.356. The molecule has 0 saturated carbocycles. The first-order chi connectivity index (χ1) is 7.13. The quantitative estimate of drug-likeness (QED) is 0.806. The molecule has 84 valence electrons. The lowest BCUT2D eigenvalue weighted by molar-refractivity contribution is 0.457. The summed E-state index contributed by atoms with van der Waals surface area (Å²) >= 11 is 0. The van der Waals surface area contributed by atoms with Gasteiger partial charge in [0.15, 0.2) is 0 Å². The zero-order valence-electron chi connectivity index (χ0n) is 10.1. The van der Waals surface area contributed by atoms with Crippen LogP contribution >= 0.6 is 0 Å². The molecule has 0 aliphatic rings. The molecular formula is C12H21N3. The lowest BCUT2D eigenvalue weighted by atomic mass is 10.0. The van der Waals surface area contributed by atoms with Gasteiger partial charge in [0.1, 0.15) is 5.82 Å². The number of nitrogens with zero attached hydrogens (tertiary/aromatic N) is 2. The van der Waals surface area contributed by atoms with Gasteiger partial charge in [-0.05, 0) is 38.8 Å². The van der Waals surface area contributed by atoms with Crippen LogP contribution in [0.2, 0.25) is 0 Å². The maximum absolute atomic E-state index is 4.45. The van der Waals surface area contributed by atoms with Crippen molar-refractivity contribution in [3.63, 3.8) is 0 Å². The Morgan fingerprint density at radius 1 is 1.33 bits per heavy atom. The van der Waals surface area contributed by atoms with Gasteiger partial charge in [-0.15, -0.1) is 0 Å². The minimum atomic E-state index is 0.356. The molecule has 0 amide bonds. The Labute approximate surface area is 92.3 Å². The van der Waals surface area contributed by atoms with Crippen molar-refractivity contribution in [3.05, 3.63) is 23.8 Å². The lowest BCUT2D eigenvalue weighted by Gasteiger charge is -2.16. The molecular weight excluding hydrogens is 186 g/mol. The summed E-state index contributed by atoms with van der Waals surface area (Å²) in [6.45, 7) is 6.43. The van der Waals surface area contributed by atoms with Crippen molar-refractivity contribution >= 4 is 0 Å². The molecule has 1 heterocycles. The van der Waals surface area contributed by atoms with Crippen LogP contribution in [0, 0.1) is 12.8 Å². The molecule has 15 heavy (non-hydrogen) atoms. The molecule has 0 bridgehead atoms. The van der Waals surface area contributed by atoms with E-state index in [2.05, 4.69) is 29.1 Å². The molecule has 1 aromatic rings. The average Bonchev–Trinajstić information content (AvgIpc) is 2.18. The van der Waals surface area contributed by atoms with Gasteiger partial charge in [-0.3, -0.25) is 0 Å². The maximum atomic E-state index is 4.45. The Bertz CT molecular complexity index is 297. The van der Waals surface area contributed by atoms with Crippen molar-refractivity contribution in [3.8, 4) is 0 Å². The van der Waals surface area contributed by atoms with Gasteiger partial charge in [-0.1, -0.05) is 13.8 Å². The summed E-state index contributed by atoms with van der Waals surface area (Å²) in [5.41, 5.74) is 1.10. The van der Waals surface area contributed by atoms with Crippen LogP contribution in [0.25, 0.3) is 0 Å². The van der Waals surface area contributed by atoms with E-state index in [0.29, 0.717) is 6.04 Å². The second-order valence-electron chi connectivity index (χ2n) is 4.34. The minimum Gasteiger partial charge on any atom is -0.312 e. The lowest BCUT2D eigenvalue weighted by Crippen LogP contribution is -2.18. The molecule has 0 spiro atoms. The van der Waals surface area contributed by atoms with E-state index in [1.54, 1.807) is 0 Å². The van der Waals surface area contributed by atoms with Crippen molar-refractivity contribution < 1.29 is 0 Å². The Balaban J connectivity index is 2.65. The zero-order chi connectivity index (χ0) is 11.3. The van der Waals surface area contributed by atoms with Crippen molar-refractivity contribution in [2.75, 3.05) is 7.05 Å². The van der Waals surface area contributed by atoms with Crippen LogP contribution < -0.4 is 5.32 Å². The number of aryl methyl sites for hydroxylation is 1. The van der Waals surface area contributed by atoms with Crippen LogP contribution in [0.3, 0.4) is 0 Å². The van der Waals surface area contributed by atoms with Gasteiger partial charge >= 0.3 is 0 Å². The predicted molar refractivity (Wildman–Crippen MR) is 62.6 cm³/mol. The van der Waals surface area contributed by atoms with Crippen LogP contribution in [0.1, 0.15) is 44.2 Å². The summed E-state index contributed by atoms with van der Waals surface area (Å²) in [5, 5.41) is 3.31. The number of nitrogens with one attached hydrogen (secondary N) is 1. The fourth-order valence-corrected chi connectivity index (χ4v) is 1.61. The summed E-state index contributed by atoms with van der Waals surface area (Å²) < 4.78 is 0. The summed E-state index contributed by atoms with van der Waals surface area (Å²) in [5.74, 6) is 1.58. The second kappa shape index (κ2) is 5.81. The van der Waals surface area contributed by atoms with Crippen molar-refractivity contribution in [2.24, 2.45) is 5.92 Å². The van der Waals surface area contributed by atoms with Gasteiger partial charge in [0.05, 0.1) is 5.69 Å². The fraction of sp³-hybridized carbons (Fsp3) is 0.667. The second-order valence-corrected chi connectivity index (χ2v) is 4.34. The number of aromatic nitrogens is 2. The average molecular weight is 207 g/mol. The Morgan fingerprint density at radius 2 is 2.07 bits per heavy atom. The van der Waals surface area contributed by atoms with Crippen molar-refractivity contribution in [2.45, 2.75) is 39.7 Å². The highest BCUT2D eigenvalue weighted by molar-refractivity contribution is 5.07. The normalized spacial score (nSPS) is 13.1. The third kappa shape index (κ3) is 3.96. The molecule has 1 rings (SSSR count). The first kappa shape index (κ1) is 12.1. The topological polar surface area (TPSA) is 37.8 Å². The predicted octanol–water partition coefficient (Wildman–Crippen LogP) is 2.48. The maximum Gasteiger partial charge on any atom is 0.125 e. The van der Waals surface area contributed by atoms with Crippen LogP contribution in [0.15, 0.2) is 12.3 Å². The standard InChI is InChI=1S/C12H21N3/c1-9(2)5-6-11(13-4)12-7-8-14-10(3)15-12/h7-9,11,13H,5-6H2,1-4H3. The van der Waals surface area contributed by atoms with Gasteiger partial charge in [0, 0.05) is 12.2 Å².